The maximum Gasteiger partial charge on any atom is 0.344 e. The van der Waals surface area contributed by atoms with Gasteiger partial charge >= 0.3 is 5.69 Å². The maximum atomic E-state index is 11.6. The highest BCUT2D eigenvalue weighted by atomic mass is 127. The zero-order valence-corrected chi connectivity index (χ0v) is 11.6. The summed E-state index contributed by atoms with van der Waals surface area (Å²) in [6.07, 6.45) is 5.33. The summed E-state index contributed by atoms with van der Waals surface area (Å²) in [5.41, 5.74) is -0.140. The minimum Gasteiger partial charge on any atom is -0.267 e. The first kappa shape index (κ1) is 11.2. The van der Waals surface area contributed by atoms with Crippen LogP contribution in [0.1, 0.15) is 18.9 Å². The Kier molecular flexibility index (Phi) is 2.90. The van der Waals surface area contributed by atoms with Crippen molar-refractivity contribution in [3.05, 3.63) is 26.6 Å². The zero-order chi connectivity index (χ0) is 11.8. The molecule has 0 saturated heterocycles. The molecule has 0 spiro atoms. The number of halogens is 1. The van der Waals surface area contributed by atoms with Crippen LogP contribution in [0, 0.1) is 3.57 Å². The van der Waals surface area contributed by atoms with Crippen molar-refractivity contribution >= 4 is 34.4 Å². The van der Waals surface area contributed by atoms with E-state index >= 15 is 0 Å². The maximum absolute atomic E-state index is 11.6. The number of hydrogen-bond donors (Lipinski definition) is 1. The summed E-state index contributed by atoms with van der Waals surface area (Å²) < 4.78 is 2.66. The Labute approximate surface area is 114 Å². The van der Waals surface area contributed by atoms with Crippen LogP contribution in [0.4, 0.5) is 0 Å². The Morgan fingerprint density at radius 2 is 2.35 bits per heavy atom. The average molecular weight is 361 g/mol. The van der Waals surface area contributed by atoms with Crippen molar-refractivity contribution in [1.29, 1.82) is 0 Å². The lowest BCUT2D eigenvalue weighted by Gasteiger charge is -2.03. The van der Waals surface area contributed by atoms with Gasteiger partial charge in [0.1, 0.15) is 11.4 Å². The minimum absolute atomic E-state index is 0.140. The van der Waals surface area contributed by atoms with Crippen LogP contribution >= 0.6 is 34.4 Å². The summed E-state index contributed by atoms with van der Waals surface area (Å²) >= 11 is 3.56. The Morgan fingerprint density at radius 1 is 1.53 bits per heavy atom. The van der Waals surface area contributed by atoms with Gasteiger partial charge in [-0.15, -0.1) is 5.10 Å². The van der Waals surface area contributed by atoms with Crippen molar-refractivity contribution in [3.8, 4) is 0 Å². The molecule has 0 radical (unpaired) electrons. The lowest BCUT2D eigenvalue weighted by molar-refractivity contribution is 0.642. The van der Waals surface area contributed by atoms with Crippen molar-refractivity contribution < 1.29 is 0 Å². The first-order valence-electron chi connectivity index (χ1n) is 5.06. The van der Waals surface area contributed by atoms with Gasteiger partial charge in [-0.1, -0.05) is 0 Å². The summed E-state index contributed by atoms with van der Waals surface area (Å²) in [4.78, 5) is 19.7. The van der Waals surface area contributed by atoms with E-state index in [9.17, 15) is 4.79 Å². The van der Waals surface area contributed by atoms with Gasteiger partial charge in [-0.25, -0.2) is 19.9 Å². The van der Waals surface area contributed by atoms with E-state index in [4.69, 9.17) is 0 Å². The molecule has 0 bridgehead atoms. The lowest BCUT2D eigenvalue weighted by atomic mass is 10.7. The molecule has 2 heterocycles. The largest absolute Gasteiger partial charge is 0.344 e. The zero-order valence-electron chi connectivity index (χ0n) is 8.63. The fourth-order valence-electron chi connectivity index (χ4n) is 1.48. The summed E-state index contributed by atoms with van der Waals surface area (Å²) in [6.45, 7) is 0. The van der Waals surface area contributed by atoms with E-state index in [1.54, 1.807) is 10.8 Å². The molecule has 2 aromatic rings. The second-order valence-corrected chi connectivity index (χ2v) is 5.81. The van der Waals surface area contributed by atoms with Crippen LogP contribution in [0.2, 0.25) is 0 Å². The van der Waals surface area contributed by atoms with Gasteiger partial charge in [-0.05, 0) is 47.2 Å². The molecule has 17 heavy (non-hydrogen) atoms. The van der Waals surface area contributed by atoms with Gasteiger partial charge in [0, 0.05) is 12.2 Å². The molecular weight excluding hydrogens is 353 g/mol. The van der Waals surface area contributed by atoms with E-state index in [2.05, 4.69) is 42.8 Å². The van der Waals surface area contributed by atoms with Crippen molar-refractivity contribution in [2.75, 3.05) is 0 Å². The predicted molar refractivity (Wildman–Crippen MR) is 70.0 cm³/mol. The molecule has 0 unspecified atom stereocenters. The highest BCUT2D eigenvalue weighted by molar-refractivity contribution is 14.1. The Hall–Kier alpha value is -0.900. The van der Waals surface area contributed by atoms with E-state index in [0.717, 1.165) is 21.4 Å². The van der Waals surface area contributed by atoms with Crippen LogP contribution in [0.15, 0.2) is 27.5 Å². The van der Waals surface area contributed by atoms with Gasteiger partial charge in [0.2, 0.25) is 0 Å². The number of aromatic nitrogens is 5. The number of aromatic amines is 1. The Balaban J connectivity index is 1.96. The van der Waals surface area contributed by atoms with Crippen LogP contribution in [0.3, 0.4) is 0 Å². The van der Waals surface area contributed by atoms with Crippen LogP contribution in [0.25, 0.3) is 0 Å². The molecule has 0 aliphatic heterocycles. The average Bonchev–Trinajstić information content (AvgIpc) is 3.08. The Bertz CT molecular complexity index is 605. The second kappa shape index (κ2) is 4.41. The molecular formula is C9H8IN5OS. The highest BCUT2D eigenvalue weighted by Gasteiger charge is 2.29. The summed E-state index contributed by atoms with van der Waals surface area (Å²) in [6, 6.07) is 0.309. The van der Waals surface area contributed by atoms with Gasteiger partial charge in [0.15, 0.2) is 5.16 Å². The van der Waals surface area contributed by atoms with Crippen LogP contribution in [0.5, 0.6) is 0 Å². The van der Waals surface area contributed by atoms with Gasteiger partial charge in [0.05, 0.1) is 3.57 Å². The Morgan fingerprint density at radius 3 is 3.06 bits per heavy atom. The van der Waals surface area contributed by atoms with E-state index in [0.29, 0.717) is 11.2 Å². The number of nitrogens with one attached hydrogen (secondary N) is 1. The highest BCUT2D eigenvalue weighted by Crippen LogP contribution is 2.37. The fourth-order valence-corrected chi connectivity index (χ4v) is 2.95. The van der Waals surface area contributed by atoms with E-state index < -0.39 is 0 Å². The second-order valence-electron chi connectivity index (χ2n) is 3.69. The third kappa shape index (κ3) is 2.23. The third-order valence-electron chi connectivity index (χ3n) is 2.41. The number of hydrogen-bond acceptors (Lipinski definition) is 5. The van der Waals surface area contributed by atoms with E-state index in [1.165, 1.54) is 18.1 Å². The minimum atomic E-state index is -0.140. The van der Waals surface area contributed by atoms with Crippen molar-refractivity contribution in [2.24, 2.45) is 0 Å². The van der Waals surface area contributed by atoms with Gasteiger partial charge in [0.25, 0.3) is 0 Å². The van der Waals surface area contributed by atoms with Gasteiger partial charge in [-0.2, -0.15) is 0 Å². The molecule has 0 aromatic carbocycles. The molecule has 1 aliphatic carbocycles. The normalized spacial score (nSPS) is 15.1. The van der Waals surface area contributed by atoms with Crippen molar-refractivity contribution in [1.82, 2.24) is 24.7 Å². The summed E-state index contributed by atoms with van der Waals surface area (Å²) in [7, 11) is 0. The van der Waals surface area contributed by atoms with E-state index in [-0.39, 0.29) is 5.69 Å². The summed E-state index contributed by atoms with van der Waals surface area (Å²) in [5, 5.41) is 8.02. The molecule has 0 amide bonds. The quantitative estimate of drug-likeness (QED) is 0.662. The van der Waals surface area contributed by atoms with Crippen LogP contribution in [-0.2, 0) is 0 Å². The molecule has 8 heteroatoms. The molecule has 0 atom stereocenters. The van der Waals surface area contributed by atoms with Gasteiger partial charge in [-0.3, -0.25) is 4.57 Å². The molecule has 1 fully saturated rings. The monoisotopic (exact) mass is 361 g/mol. The predicted octanol–water partition coefficient (Wildman–Crippen LogP) is 1.45. The molecule has 6 nitrogen and oxygen atoms in total. The molecule has 88 valence electrons. The number of nitrogens with zero attached hydrogens (tertiary/aromatic N) is 4. The van der Waals surface area contributed by atoms with Crippen molar-refractivity contribution in [2.45, 2.75) is 29.1 Å². The lowest BCUT2D eigenvalue weighted by Crippen LogP contribution is -2.16. The molecule has 3 rings (SSSR count). The SMILES string of the molecule is O=c1[nH]nc(Sc2ncncc2I)n1C1CC1. The fraction of sp³-hybridized carbons (Fsp3) is 0.333. The van der Waals surface area contributed by atoms with Crippen molar-refractivity contribution in [3.63, 3.8) is 0 Å². The number of H-pyrrole nitrogens is 1. The standard InChI is InChI=1S/C9H8IN5OS/c10-6-3-11-4-12-7(6)17-9-14-13-8(16)15(9)5-1-2-5/h3-5H,1-2H2,(H,13,16). The van der Waals surface area contributed by atoms with E-state index in [1.807, 2.05) is 0 Å². The first-order chi connectivity index (χ1) is 8.25. The van der Waals surface area contributed by atoms with Crippen LogP contribution in [-0.4, -0.2) is 24.7 Å². The van der Waals surface area contributed by atoms with Crippen LogP contribution < -0.4 is 5.69 Å². The van der Waals surface area contributed by atoms with Gasteiger partial charge < -0.3 is 0 Å². The molecule has 1 N–H and O–H groups in total. The smallest absolute Gasteiger partial charge is 0.267 e. The molecule has 1 aliphatic rings. The number of rotatable bonds is 3. The molecule has 2 aromatic heterocycles. The molecule has 1 saturated carbocycles. The first-order valence-corrected chi connectivity index (χ1v) is 6.95. The third-order valence-corrected chi connectivity index (χ3v) is 4.55. The topological polar surface area (TPSA) is 76.5 Å². The summed E-state index contributed by atoms with van der Waals surface area (Å²) in [5.74, 6) is 0.